The number of amides is 1. The number of esters is 1. The third kappa shape index (κ3) is 57.4. The van der Waals surface area contributed by atoms with E-state index in [0.717, 1.165) is 70.6 Å². The summed E-state index contributed by atoms with van der Waals surface area (Å²) in [6.07, 6.45) is 77.6. The van der Waals surface area contributed by atoms with E-state index in [2.05, 4.69) is 43.5 Å². The lowest BCUT2D eigenvalue weighted by Crippen LogP contribution is -2.45. The highest BCUT2D eigenvalue weighted by Gasteiger charge is 2.18. The van der Waals surface area contributed by atoms with Crippen LogP contribution in [0.25, 0.3) is 0 Å². The molecule has 0 spiro atoms. The second-order valence-electron chi connectivity index (χ2n) is 22.1. The summed E-state index contributed by atoms with van der Waals surface area (Å²) in [5, 5.41) is 23.2. The van der Waals surface area contributed by atoms with Crippen LogP contribution in [0.2, 0.25) is 0 Å². The number of ether oxygens (including phenoxy) is 1. The zero-order chi connectivity index (χ0) is 52.2. The van der Waals surface area contributed by atoms with Gasteiger partial charge in [0.1, 0.15) is 0 Å². The molecule has 0 aliphatic heterocycles. The van der Waals surface area contributed by atoms with Crippen molar-refractivity contribution < 1.29 is 24.5 Å². The Morgan fingerprint density at radius 3 is 1.00 bits per heavy atom. The maximum atomic E-state index is 12.5. The van der Waals surface area contributed by atoms with Crippen molar-refractivity contribution in [2.45, 2.75) is 360 Å². The van der Waals surface area contributed by atoms with Crippen molar-refractivity contribution >= 4 is 11.9 Å². The van der Waals surface area contributed by atoms with E-state index in [0.29, 0.717) is 19.4 Å². The van der Waals surface area contributed by atoms with E-state index in [1.807, 2.05) is 6.08 Å². The molecule has 1 amide bonds. The van der Waals surface area contributed by atoms with Gasteiger partial charge in [0, 0.05) is 12.8 Å². The second kappa shape index (κ2) is 61.6. The summed E-state index contributed by atoms with van der Waals surface area (Å²) in [5.41, 5.74) is 0. The number of hydrogen-bond donors (Lipinski definition) is 3. The van der Waals surface area contributed by atoms with Crippen LogP contribution >= 0.6 is 0 Å². The lowest BCUT2D eigenvalue weighted by molar-refractivity contribution is -0.143. The van der Waals surface area contributed by atoms with Crippen LogP contribution in [0.5, 0.6) is 0 Å². The van der Waals surface area contributed by atoms with Crippen LogP contribution < -0.4 is 5.32 Å². The van der Waals surface area contributed by atoms with Crippen molar-refractivity contribution in [3.8, 4) is 0 Å². The van der Waals surface area contributed by atoms with Crippen molar-refractivity contribution in [2.24, 2.45) is 0 Å². The van der Waals surface area contributed by atoms with Crippen molar-refractivity contribution in [3.05, 3.63) is 36.5 Å². The van der Waals surface area contributed by atoms with Gasteiger partial charge < -0.3 is 20.3 Å². The Balaban J connectivity index is 3.50. The number of aliphatic hydroxyl groups is 2. The summed E-state index contributed by atoms with van der Waals surface area (Å²) in [4.78, 5) is 24.6. The van der Waals surface area contributed by atoms with Gasteiger partial charge in [-0.3, -0.25) is 9.59 Å². The summed E-state index contributed by atoms with van der Waals surface area (Å²) in [6.45, 7) is 4.88. The Bertz CT molecular complexity index is 1170. The zero-order valence-electron chi connectivity index (χ0n) is 48.4. The summed E-state index contributed by atoms with van der Waals surface area (Å²) in [7, 11) is 0. The highest BCUT2D eigenvalue weighted by molar-refractivity contribution is 5.76. The lowest BCUT2D eigenvalue weighted by atomic mass is 10.0. The fraction of sp³-hybridized carbons (Fsp3) is 0.879. The monoisotopic (exact) mass is 1010 g/mol. The molecule has 0 fully saturated rings. The van der Waals surface area contributed by atoms with Gasteiger partial charge in [0.05, 0.1) is 25.4 Å². The molecule has 0 aromatic heterocycles. The van der Waals surface area contributed by atoms with Gasteiger partial charge in [-0.2, -0.15) is 0 Å². The van der Waals surface area contributed by atoms with Gasteiger partial charge in [-0.05, 0) is 83.5 Å². The second-order valence-corrected chi connectivity index (χ2v) is 22.1. The number of unbranched alkanes of at least 4 members (excludes halogenated alkanes) is 45. The number of aliphatic hydroxyl groups excluding tert-OH is 2. The van der Waals surface area contributed by atoms with Crippen LogP contribution in [0.15, 0.2) is 36.5 Å². The van der Waals surface area contributed by atoms with E-state index < -0.39 is 12.1 Å². The molecule has 6 nitrogen and oxygen atoms in total. The predicted molar refractivity (Wildman–Crippen MR) is 315 cm³/mol. The lowest BCUT2D eigenvalue weighted by Gasteiger charge is -2.19. The SMILES string of the molecule is CCCCCCCCC/C=C\CCCCCCCCCC(=O)OCCCCCCCC/C=C\CCCCCC(=O)NC(CO)C(O)/C=C/CCCCCCCCCCCCCCCCCCCCCCCC. The maximum absolute atomic E-state index is 12.5. The Labute approximate surface area is 449 Å². The molecular formula is C66H125NO5. The number of carbonyl (C=O) groups is 2. The molecule has 0 saturated heterocycles. The minimum absolute atomic E-state index is 0.0163. The van der Waals surface area contributed by atoms with Crippen molar-refractivity contribution in [1.82, 2.24) is 5.32 Å². The molecule has 0 aliphatic rings. The average molecular weight is 1010 g/mol. The van der Waals surface area contributed by atoms with Gasteiger partial charge in [0.2, 0.25) is 5.91 Å². The van der Waals surface area contributed by atoms with Crippen LogP contribution in [0.3, 0.4) is 0 Å². The van der Waals surface area contributed by atoms with E-state index >= 15 is 0 Å². The largest absolute Gasteiger partial charge is 0.466 e. The van der Waals surface area contributed by atoms with E-state index in [1.54, 1.807) is 6.08 Å². The molecule has 3 N–H and O–H groups in total. The molecule has 424 valence electrons. The maximum Gasteiger partial charge on any atom is 0.305 e. The van der Waals surface area contributed by atoms with Crippen molar-refractivity contribution in [3.63, 3.8) is 0 Å². The van der Waals surface area contributed by atoms with E-state index in [-0.39, 0.29) is 18.5 Å². The zero-order valence-corrected chi connectivity index (χ0v) is 48.4. The number of rotatable bonds is 60. The standard InChI is InChI=1S/C66H125NO5/c1-3-5-7-9-11-13-15-17-19-21-23-24-25-26-27-28-29-31-34-38-42-46-50-54-58-64(69)63(62-68)67-65(70)59-55-51-47-43-39-35-33-37-41-45-49-53-57-61-72-66(71)60-56-52-48-44-40-36-32-30-22-20-18-16-14-12-10-8-6-4-2/h20,22,35,39,54,58,63-64,68-69H,3-19,21,23-34,36-38,40-53,55-57,59-62H2,1-2H3,(H,67,70)/b22-20-,39-35-,58-54+. The molecule has 0 heterocycles. The van der Waals surface area contributed by atoms with E-state index in [1.165, 1.54) is 250 Å². The fourth-order valence-corrected chi connectivity index (χ4v) is 9.92. The highest BCUT2D eigenvalue weighted by Crippen LogP contribution is 2.17. The third-order valence-corrected chi connectivity index (χ3v) is 14.9. The third-order valence-electron chi connectivity index (χ3n) is 14.9. The van der Waals surface area contributed by atoms with Crippen molar-refractivity contribution in [1.29, 1.82) is 0 Å². The Morgan fingerprint density at radius 2 is 0.653 bits per heavy atom. The van der Waals surface area contributed by atoms with Crippen LogP contribution in [0.4, 0.5) is 0 Å². The predicted octanol–water partition coefficient (Wildman–Crippen LogP) is 20.4. The van der Waals surface area contributed by atoms with E-state index in [4.69, 9.17) is 4.74 Å². The first-order valence-electron chi connectivity index (χ1n) is 32.3. The Hall–Kier alpha value is -1.92. The average Bonchev–Trinajstić information content (AvgIpc) is 3.38. The van der Waals surface area contributed by atoms with Crippen LogP contribution in [-0.4, -0.2) is 47.4 Å². The van der Waals surface area contributed by atoms with E-state index in [9.17, 15) is 19.8 Å². The van der Waals surface area contributed by atoms with Gasteiger partial charge in [-0.1, -0.05) is 288 Å². The molecule has 0 aromatic rings. The topological polar surface area (TPSA) is 95.9 Å². The summed E-state index contributed by atoms with van der Waals surface area (Å²) >= 11 is 0. The van der Waals surface area contributed by atoms with Crippen LogP contribution in [0.1, 0.15) is 348 Å². The van der Waals surface area contributed by atoms with Gasteiger partial charge >= 0.3 is 5.97 Å². The molecule has 2 atom stereocenters. The highest BCUT2D eigenvalue weighted by atomic mass is 16.5. The van der Waals surface area contributed by atoms with Gasteiger partial charge in [0.15, 0.2) is 0 Å². The minimum Gasteiger partial charge on any atom is -0.466 e. The number of nitrogens with one attached hydrogen (secondary N) is 1. The molecule has 2 unspecified atom stereocenters. The molecule has 0 rings (SSSR count). The first-order valence-corrected chi connectivity index (χ1v) is 32.3. The fourth-order valence-electron chi connectivity index (χ4n) is 9.92. The normalized spacial score (nSPS) is 12.8. The molecule has 0 aliphatic carbocycles. The molecule has 0 bridgehead atoms. The number of hydrogen-bond acceptors (Lipinski definition) is 5. The number of allylic oxidation sites excluding steroid dienone is 5. The quantitative estimate of drug-likeness (QED) is 0.0320. The Kier molecular flexibility index (Phi) is 60.0. The van der Waals surface area contributed by atoms with Gasteiger partial charge in [0.25, 0.3) is 0 Å². The van der Waals surface area contributed by atoms with Crippen molar-refractivity contribution in [2.75, 3.05) is 13.2 Å². The smallest absolute Gasteiger partial charge is 0.305 e. The van der Waals surface area contributed by atoms with Crippen LogP contribution in [0, 0.1) is 0 Å². The molecular weight excluding hydrogens is 887 g/mol. The summed E-state index contributed by atoms with van der Waals surface area (Å²) in [5.74, 6) is -0.111. The molecule has 72 heavy (non-hydrogen) atoms. The van der Waals surface area contributed by atoms with Crippen LogP contribution in [-0.2, 0) is 14.3 Å². The Morgan fingerprint density at radius 1 is 0.375 bits per heavy atom. The van der Waals surface area contributed by atoms with Gasteiger partial charge in [-0.15, -0.1) is 0 Å². The molecule has 0 radical (unpaired) electrons. The first kappa shape index (κ1) is 70.1. The molecule has 6 heteroatoms. The summed E-state index contributed by atoms with van der Waals surface area (Å²) < 4.78 is 5.48. The van der Waals surface area contributed by atoms with Gasteiger partial charge in [-0.25, -0.2) is 0 Å². The number of carbonyl (C=O) groups excluding carboxylic acids is 2. The summed E-state index contributed by atoms with van der Waals surface area (Å²) in [6, 6.07) is -0.650. The molecule has 0 aromatic carbocycles. The minimum atomic E-state index is -0.864. The first-order chi connectivity index (χ1) is 35.5. The molecule has 0 saturated carbocycles.